The van der Waals surface area contributed by atoms with Crippen molar-refractivity contribution in [3.63, 3.8) is 0 Å². The summed E-state index contributed by atoms with van der Waals surface area (Å²) in [5, 5.41) is 21.6. The molecule has 8 heteroatoms. The van der Waals surface area contributed by atoms with E-state index < -0.39 is 11.9 Å². The van der Waals surface area contributed by atoms with E-state index in [1.54, 1.807) is 0 Å². The number of phenols is 1. The number of carbonyl (C=O) groups excluding carboxylic acids is 1. The monoisotopic (exact) mass is 381 g/mol. The number of methoxy groups -OCH3 is 1. The van der Waals surface area contributed by atoms with Gasteiger partial charge in [-0.15, -0.1) is 0 Å². The van der Waals surface area contributed by atoms with Gasteiger partial charge in [0.2, 0.25) is 0 Å². The second-order valence-electron chi connectivity index (χ2n) is 4.87. The molecule has 130 valence electrons. The van der Waals surface area contributed by atoms with E-state index in [9.17, 15) is 19.8 Å². The van der Waals surface area contributed by atoms with Crippen LogP contribution in [0.25, 0.3) is 6.08 Å². The highest BCUT2D eigenvalue weighted by molar-refractivity contribution is 6.36. The van der Waals surface area contributed by atoms with Crippen LogP contribution in [0.4, 0.5) is 0 Å². The fourth-order valence-electron chi connectivity index (χ4n) is 1.97. The molecule has 1 amide bonds. The molecule has 3 N–H and O–H groups in total. The Balaban J connectivity index is 2.32. The Labute approximate surface area is 153 Å². The lowest BCUT2D eigenvalue weighted by Gasteiger charge is -2.09. The Kier molecular flexibility index (Phi) is 5.90. The van der Waals surface area contributed by atoms with Crippen molar-refractivity contribution in [3.8, 4) is 11.5 Å². The van der Waals surface area contributed by atoms with Gasteiger partial charge in [0.05, 0.1) is 17.7 Å². The number of aliphatic carboxylic acids is 1. The van der Waals surface area contributed by atoms with Crippen LogP contribution < -0.4 is 10.1 Å². The fraction of sp³-hybridized carbons (Fsp3) is 0.0588. The van der Waals surface area contributed by atoms with Crippen LogP contribution in [0, 0.1) is 0 Å². The number of halogens is 2. The zero-order chi connectivity index (χ0) is 18.6. The van der Waals surface area contributed by atoms with Gasteiger partial charge >= 0.3 is 5.97 Å². The summed E-state index contributed by atoms with van der Waals surface area (Å²) in [6, 6.07) is 8.50. The van der Waals surface area contributed by atoms with Crippen molar-refractivity contribution in [1.29, 1.82) is 0 Å². The van der Waals surface area contributed by atoms with Crippen LogP contribution in [0.2, 0.25) is 10.0 Å². The molecule has 0 unspecified atom stereocenters. The van der Waals surface area contributed by atoms with Crippen LogP contribution in [0.5, 0.6) is 11.5 Å². The molecular formula is C17H13Cl2NO5. The standard InChI is InChI=1S/C17H13Cl2NO5/c1-25-15-7-9(2-5-14(15)21)6-13(17(23)24)20-16(22)11-4-3-10(18)8-12(11)19/h2-8,21H,1H3,(H,20,22)(H,23,24)/b13-6+. The predicted octanol–water partition coefficient (Wildman–Crippen LogP) is 3.56. The van der Waals surface area contributed by atoms with Crippen LogP contribution in [0.3, 0.4) is 0 Å². The summed E-state index contributed by atoms with van der Waals surface area (Å²) in [6.07, 6.45) is 1.23. The van der Waals surface area contributed by atoms with Crippen molar-refractivity contribution in [2.75, 3.05) is 7.11 Å². The van der Waals surface area contributed by atoms with Gasteiger partial charge in [-0.05, 0) is 42.0 Å². The molecule has 0 atom stereocenters. The first-order valence-corrected chi connectivity index (χ1v) is 7.66. The van der Waals surface area contributed by atoms with E-state index in [0.29, 0.717) is 10.6 Å². The third-order valence-electron chi connectivity index (χ3n) is 3.17. The maximum absolute atomic E-state index is 12.3. The number of benzene rings is 2. The molecule has 2 aromatic carbocycles. The van der Waals surface area contributed by atoms with Gasteiger partial charge in [0.1, 0.15) is 5.70 Å². The van der Waals surface area contributed by atoms with Crippen LogP contribution in [-0.2, 0) is 4.79 Å². The predicted molar refractivity (Wildman–Crippen MR) is 94.2 cm³/mol. The summed E-state index contributed by atoms with van der Waals surface area (Å²) in [5.74, 6) is -1.95. The Bertz CT molecular complexity index is 864. The number of rotatable bonds is 5. The lowest BCUT2D eigenvalue weighted by molar-refractivity contribution is -0.132. The Morgan fingerprint density at radius 3 is 2.48 bits per heavy atom. The second-order valence-corrected chi connectivity index (χ2v) is 5.72. The number of hydrogen-bond acceptors (Lipinski definition) is 4. The average molecular weight is 382 g/mol. The van der Waals surface area contributed by atoms with Crippen LogP contribution in [-0.4, -0.2) is 29.2 Å². The number of carbonyl (C=O) groups is 2. The van der Waals surface area contributed by atoms with Crippen molar-refractivity contribution in [3.05, 3.63) is 63.3 Å². The highest BCUT2D eigenvalue weighted by atomic mass is 35.5. The highest BCUT2D eigenvalue weighted by Gasteiger charge is 2.16. The molecule has 6 nitrogen and oxygen atoms in total. The number of carboxylic acid groups (broad SMARTS) is 1. The summed E-state index contributed by atoms with van der Waals surface area (Å²) in [5.41, 5.74) is 0.125. The molecule has 0 saturated carbocycles. The van der Waals surface area contributed by atoms with E-state index >= 15 is 0 Å². The number of phenolic OH excluding ortho intramolecular Hbond substituents is 1. The minimum Gasteiger partial charge on any atom is -0.504 e. The molecule has 0 aromatic heterocycles. The first-order chi connectivity index (χ1) is 11.8. The molecule has 0 aliphatic heterocycles. The van der Waals surface area contributed by atoms with Crippen LogP contribution in [0.1, 0.15) is 15.9 Å². The molecule has 0 saturated heterocycles. The van der Waals surface area contributed by atoms with Gasteiger partial charge in [-0.1, -0.05) is 29.3 Å². The first kappa shape index (κ1) is 18.6. The zero-order valence-corrected chi connectivity index (χ0v) is 14.4. The van der Waals surface area contributed by atoms with E-state index in [1.807, 2.05) is 0 Å². The number of ether oxygens (including phenoxy) is 1. The van der Waals surface area contributed by atoms with Gasteiger partial charge in [0.15, 0.2) is 11.5 Å². The molecule has 2 rings (SSSR count). The van der Waals surface area contributed by atoms with Gasteiger partial charge in [-0.25, -0.2) is 4.79 Å². The Morgan fingerprint density at radius 1 is 1.16 bits per heavy atom. The molecule has 0 aliphatic carbocycles. The molecular weight excluding hydrogens is 369 g/mol. The maximum atomic E-state index is 12.3. The minimum absolute atomic E-state index is 0.0847. The van der Waals surface area contributed by atoms with Crippen molar-refractivity contribution in [2.24, 2.45) is 0 Å². The van der Waals surface area contributed by atoms with Gasteiger partial charge in [-0.3, -0.25) is 4.79 Å². The number of amides is 1. The van der Waals surface area contributed by atoms with Crippen molar-refractivity contribution < 1.29 is 24.5 Å². The number of nitrogens with one attached hydrogen (secondary N) is 1. The lowest BCUT2D eigenvalue weighted by Crippen LogP contribution is -2.27. The summed E-state index contributed by atoms with van der Waals surface area (Å²) in [6.45, 7) is 0. The van der Waals surface area contributed by atoms with Crippen molar-refractivity contribution in [2.45, 2.75) is 0 Å². The van der Waals surface area contributed by atoms with E-state index in [2.05, 4.69) is 5.32 Å². The maximum Gasteiger partial charge on any atom is 0.352 e. The topological polar surface area (TPSA) is 95.9 Å². The molecule has 0 bridgehead atoms. The number of aromatic hydroxyl groups is 1. The zero-order valence-electron chi connectivity index (χ0n) is 12.9. The number of carboxylic acids is 1. The third kappa shape index (κ3) is 4.65. The Hall–Kier alpha value is -2.70. The molecule has 0 radical (unpaired) electrons. The van der Waals surface area contributed by atoms with Gasteiger partial charge in [-0.2, -0.15) is 0 Å². The lowest BCUT2D eigenvalue weighted by atomic mass is 10.1. The normalized spacial score (nSPS) is 11.1. The van der Waals surface area contributed by atoms with Crippen molar-refractivity contribution in [1.82, 2.24) is 5.32 Å². The second kappa shape index (κ2) is 7.92. The Morgan fingerprint density at radius 2 is 1.88 bits per heavy atom. The SMILES string of the molecule is COc1cc(/C=C(/NC(=O)c2ccc(Cl)cc2Cl)C(=O)O)ccc1O. The highest BCUT2D eigenvalue weighted by Crippen LogP contribution is 2.27. The van der Waals surface area contributed by atoms with Crippen molar-refractivity contribution >= 4 is 41.2 Å². The fourth-order valence-corrected chi connectivity index (χ4v) is 2.46. The van der Waals surface area contributed by atoms with E-state index in [-0.39, 0.29) is 27.8 Å². The van der Waals surface area contributed by atoms with Crippen LogP contribution in [0.15, 0.2) is 42.1 Å². The average Bonchev–Trinajstić information content (AvgIpc) is 2.55. The van der Waals surface area contributed by atoms with E-state index in [4.69, 9.17) is 27.9 Å². The smallest absolute Gasteiger partial charge is 0.352 e. The van der Waals surface area contributed by atoms with E-state index in [0.717, 1.165) is 0 Å². The number of hydrogen-bond donors (Lipinski definition) is 3. The van der Waals surface area contributed by atoms with Gasteiger partial charge in [0.25, 0.3) is 5.91 Å². The quantitative estimate of drug-likeness (QED) is 0.688. The molecule has 25 heavy (non-hydrogen) atoms. The summed E-state index contributed by atoms with van der Waals surface area (Å²) >= 11 is 11.7. The first-order valence-electron chi connectivity index (χ1n) is 6.90. The molecule has 2 aromatic rings. The summed E-state index contributed by atoms with van der Waals surface area (Å²) in [4.78, 5) is 23.7. The molecule has 0 heterocycles. The molecule has 0 spiro atoms. The molecule has 0 fully saturated rings. The summed E-state index contributed by atoms with van der Waals surface area (Å²) < 4.78 is 4.96. The molecule has 0 aliphatic rings. The van der Waals surface area contributed by atoms with Gasteiger partial charge in [0, 0.05) is 5.02 Å². The van der Waals surface area contributed by atoms with Gasteiger partial charge < -0.3 is 20.3 Å². The summed E-state index contributed by atoms with van der Waals surface area (Å²) in [7, 11) is 1.37. The van der Waals surface area contributed by atoms with E-state index in [1.165, 1.54) is 49.6 Å². The largest absolute Gasteiger partial charge is 0.504 e. The minimum atomic E-state index is -1.34. The van der Waals surface area contributed by atoms with Crippen LogP contribution >= 0.6 is 23.2 Å². The third-order valence-corrected chi connectivity index (χ3v) is 3.72.